The second-order valence-corrected chi connectivity index (χ2v) is 4.24. The summed E-state index contributed by atoms with van der Waals surface area (Å²) in [7, 11) is 1.96. The van der Waals surface area contributed by atoms with E-state index in [1.807, 2.05) is 30.8 Å². The summed E-state index contributed by atoms with van der Waals surface area (Å²) in [6.45, 7) is 1.96. The van der Waals surface area contributed by atoms with Crippen molar-refractivity contribution in [2.24, 2.45) is 7.05 Å². The number of aryl methyl sites for hydroxylation is 3. The van der Waals surface area contributed by atoms with Crippen molar-refractivity contribution >= 4 is 0 Å². The van der Waals surface area contributed by atoms with Crippen molar-refractivity contribution in [2.45, 2.75) is 25.9 Å². The molecule has 0 amide bonds. The van der Waals surface area contributed by atoms with E-state index in [-0.39, 0.29) is 0 Å². The molecule has 0 spiro atoms. The van der Waals surface area contributed by atoms with Crippen LogP contribution in [0, 0.1) is 6.92 Å². The van der Waals surface area contributed by atoms with Gasteiger partial charge in [0.2, 0.25) is 0 Å². The molecule has 0 bridgehead atoms. The zero-order valence-electron chi connectivity index (χ0n) is 10.2. The molecule has 0 aliphatic heterocycles. The van der Waals surface area contributed by atoms with E-state index in [2.05, 4.69) is 9.97 Å². The largest absolute Gasteiger partial charge is 0.388 e. The lowest BCUT2D eigenvalue weighted by molar-refractivity contribution is 0.166. The molecule has 0 saturated carbocycles. The van der Waals surface area contributed by atoms with Gasteiger partial charge in [0.1, 0.15) is 5.82 Å². The Bertz CT molecular complexity index is 493. The summed E-state index contributed by atoms with van der Waals surface area (Å²) in [5.74, 6) is 0.996. The molecule has 1 N–H and O–H groups in total. The third-order valence-electron chi connectivity index (χ3n) is 2.99. The summed E-state index contributed by atoms with van der Waals surface area (Å²) in [6, 6.07) is 1.87. The highest BCUT2D eigenvalue weighted by Gasteiger charge is 2.11. The summed E-state index contributed by atoms with van der Waals surface area (Å²) >= 11 is 0. The van der Waals surface area contributed by atoms with Crippen molar-refractivity contribution in [3.63, 3.8) is 0 Å². The Morgan fingerprint density at radius 2 is 2.24 bits per heavy atom. The quantitative estimate of drug-likeness (QED) is 0.872. The van der Waals surface area contributed by atoms with Gasteiger partial charge in [0, 0.05) is 38.3 Å². The lowest BCUT2D eigenvalue weighted by Crippen LogP contribution is -2.05. The summed E-state index contributed by atoms with van der Waals surface area (Å²) in [6.07, 6.45) is 8.18. The van der Waals surface area contributed by atoms with Crippen LogP contribution in [0.4, 0.5) is 0 Å². The van der Waals surface area contributed by atoms with Crippen LogP contribution in [0.2, 0.25) is 0 Å². The Kier molecular flexibility index (Phi) is 3.54. The van der Waals surface area contributed by atoms with Crippen LogP contribution < -0.4 is 0 Å². The van der Waals surface area contributed by atoms with Crippen molar-refractivity contribution in [3.05, 3.63) is 47.8 Å². The molecule has 2 aromatic heterocycles. The average molecular weight is 231 g/mol. The molecule has 90 valence electrons. The van der Waals surface area contributed by atoms with Crippen molar-refractivity contribution in [1.29, 1.82) is 0 Å². The molecule has 1 unspecified atom stereocenters. The molecule has 17 heavy (non-hydrogen) atoms. The van der Waals surface area contributed by atoms with Gasteiger partial charge in [0.15, 0.2) is 0 Å². The Balaban J connectivity index is 2.01. The Morgan fingerprint density at radius 1 is 1.41 bits per heavy atom. The Morgan fingerprint density at radius 3 is 2.88 bits per heavy atom. The number of nitrogens with zero attached hydrogens (tertiary/aromatic N) is 3. The maximum Gasteiger partial charge on any atom is 0.108 e. The summed E-state index contributed by atoms with van der Waals surface area (Å²) in [5, 5.41) is 10.1. The first kappa shape index (κ1) is 11.8. The Hall–Kier alpha value is -1.68. The number of hydrogen-bond donors (Lipinski definition) is 1. The molecule has 2 rings (SSSR count). The average Bonchev–Trinajstić information content (AvgIpc) is 2.72. The predicted octanol–water partition coefficient (Wildman–Crippen LogP) is 1.79. The Labute approximate surface area is 101 Å². The van der Waals surface area contributed by atoms with Gasteiger partial charge in [0.05, 0.1) is 6.10 Å². The number of pyridine rings is 1. The molecular formula is C13H17N3O. The number of rotatable bonds is 4. The minimum Gasteiger partial charge on any atom is -0.388 e. The van der Waals surface area contributed by atoms with Crippen LogP contribution in [-0.4, -0.2) is 19.6 Å². The molecule has 0 fully saturated rings. The van der Waals surface area contributed by atoms with E-state index in [0.717, 1.165) is 23.4 Å². The standard InChI is InChI=1S/C13H17N3O/c1-10-9-14-6-5-11(10)12(17)3-4-13-15-7-8-16(13)2/h5-9,12,17H,3-4H2,1-2H3. The van der Waals surface area contributed by atoms with E-state index < -0.39 is 6.10 Å². The normalized spacial score (nSPS) is 12.6. The maximum absolute atomic E-state index is 10.1. The van der Waals surface area contributed by atoms with Crippen molar-refractivity contribution in [1.82, 2.24) is 14.5 Å². The van der Waals surface area contributed by atoms with Crippen LogP contribution in [0.5, 0.6) is 0 Å². The van der Waals surface area contributed by atoms with E-state index in [4.69, 9.17) is 0 Å². The summed E-state index contributed by atoms with van der Waals surface area (Å²) in [5.41, 5.74) is 1.98. The second kappa shape index (κ2) is 5.10. The molecule has 2 heterocycles. The van der Waals surface area contributed by atoms with Crippen LogP contribution in [-0.2, 0) is 13.5 Å². The fraction of sp³-hybridized carbons (Fsp3) is 0.385. The van der Waals surface area contributed by atoms with E-state index in [1.165, 1.54) is 0 Å². The lowest BCUT2D eigenvalue weighted by Gasteiger charge is -2.12. The highest BCUT2D eigenvalue weighted by Crippen LogP contribution is 2.20. The first-order valence-corrected chi connectivity index (χ1v) is 5.73. The number of aromatic nitrogens is 3. The summed E-state index contributed by atoms with van der Waals surface area (Å²) in [4.78, 5) is 8.27. The zero-order chi connectivity index (χ0) is 12.3. The minimum atomic E-state index is -0.449. The molecule has 0 aliphatic rings. The van der Waals surface area contributed by atoms with Crippen LogP contribution in [0.15, 0.2) is 30.9 Å². The highest BCUT2D eigenvalue weighted by molar-refractivity contribution is 5.23. The number of hydrogen-bond acceptors (Lipinski definition) is 3. The molecule has 1 atom stereocenters. The third-order valence-corrected chi connectivity index (χ3v) is 2.99. The molecule has 4 heteroatoms. The molecule has 0 radical (unpaired) electrons. The fourth-order valence-electron chi connectivity index (χ4n) is 1.92. The van der Waals surface area contributed by atoms with Crippen LogP contribution in [0.1, 0.15) is 29.5 Å². The van der Waals surface area contributed by atoms with E-state index in [0.29, 0.717) is 6.42 Å². The van der Waals surface area contributed by atoms with Crippen molar-refractivity contribution in [2.75, 3.05) is 0 Å². The SMILES string of the molecule is Cc1cnccc1C(O)CCc1nccn1C. The van der Waals surface area contributed by atoms with E-state index in [1.54, 1.807) is 18.6 Å². The van der Waals surface area contributed by atoms with Gasteiger partial charge < -0.3 is 9.67 Å². The highest BCUT2D eigenvalue weighted by atomic mass is 16.3. The van der Waals surface area contributed by atoms with Crippen molar-refractivity contribution < 1.29 is 5.11 Å². The number of aliphatic hydroxyl groups excluding tert-OH is 1. The maximum atomic E-state index is 10.1. The second-order valence-electron chi connectivity index (χ2n) is 4.24. The summed E-state index contributed by atoms with van der Waals surface area (Å²) < 4.78 is 1.98. The van der Waals surface area contributed by atoms with E-state index in [9.17, 15) is 5.11 Å². The molecular weight excluding hydrogens is 214 g/mol. The van der Waals surface area contributed by atoms with Gasteiger partial charge >= 0.3 is 0 Å². The first-order chi connectivity index (χ1) is 8.18. The van der Waals surface area contributed by atoms with Gasteiger partial charge in [-0.1, -0.05) is 0 Å². The molecule has 4 nitrogen and oxygen atoms in total. The van der Waals surface area contributed by atoms with Gasteiger partial charge in [-0.2, -0.15) is 0 Å². The molecule has 0 saturated heterocycles. The smallest absolute Gasteiger partial charge is 0.108 e. The lowest BCUT2D eigenvalue weighted by atomic mass is 10.0. The van der Waals surface area contributed by atoms with Crippen LogP contribution in [0.25, 0.3) is 0 Å². The monoisotopic (exact) mass is 231 g/mol. The predicted molar refractivity (Wildman–Crippen MR) is 65.5 cm³/mol. The van der Waals surface area contributed by atoms with Gasteiger partial charge in [-0.25, -0.2) is 4.98 Å². The van der Waals surface area contributed by atoms with Gasteiger partial charge in [0.25, 0.3) is 0 Å². The minimum absolute atomic E-state index is 0.449. The van der Waals surface area contributed by atoms with Crippen molar-refractivity contribution in [3.8, 4) is 0 Å². The van der Waals surface area contributed by atoms with Gasteiger partial charge in [-0.05, 0) is 30.5 Å². The fourth-order valence-corrected chi connectivity index (χ4v) is 1.92. The molecule has 0 aromatic carbocycles. The third kappa shape index (κ3) is 2.71. The van der Waals surface area contributed by atoms with E-state index >= 15 is 0 Å². The zero-order valence-corrected chi connectivity index (χ0v) is 10.2. The van der Waals surface area contributed by atoms with Crippen LogP contribution >= 0.6 is 0 Å². The topological polar surface area (TPSA) is 50.9 Å². The van der Waals surface area contributed by atoms with Gasteiger partial charge in [-0.3, -0.25) is 4.98 Å². The first-order valence-electron chi connectivity index (χ1n) is 5.73. The number of imidazole rings is 1. The van der Waals surface area contributed by atoms with Crippen LogP contribution in [0.3, 0.4) is 0 Å². The molecule has 0 aliphatic carbocycles. The van der Waals surface area contributed by atoms with Gasteiger partial charge in [-0.15, -0.1) is 0 Å². The number of aliphatic hydroxyl groups is 1. The molecule has 2 aromatic rings.